The van der Waals surface area contributed by atoms with Crippen LogP contribution in [0.2, 0.25) is 0 Å². The number of amides is 1. The number of carbonyl (C=O) groups excluding carboxylic acids is 1. The molecule has 1 amide bonds. The van der Waals surface area contributed by atoms with Crippen LogP contribution in [0.3, 0.4) is 0 Å². The summed E-state index contributed by atoms with van der Waals surface area (Å²) in [5.41, 5.74) is 1.38. The van der Waals surface area contributed by atoms with Crippen molar-refractivity contribution in [2.45, 2.75) is 31.1 Å². The molecule has 3 aromatic rings. The maximum atomic E-state index is 13.0. The molecule has 8 nitrogen and oxygen atoms in total. The number of nitrogens with zero attached hydrogens (tertiary/aromatic N) is 3. The molecule has 0 aliphatic carbocycles. The highest BCUT2D eigenvalue weighted by molar-refractivity contribution is 7.89. The molecule has 2 aromatic carbocycles. The molecule has 0 atom stereocenters. The summed E-state index contributed by atoms with van der Waals surface area (Å²) in [6.45, 7) is 3.38. The van der Waals surface area contributed by atoms with Gasteiger partial charge in [0.1, 0.15) is 5.82 Å². The summed E-state index contributed by atoms with van der Waals surface area (Å²) >= 11 is 0. The van der Waals surface area contributed by atoms with Crippen LogP contribution < -0.4 is 5.56 Å². The van der Waals surface area contributed by atoms with Gasteiger partial charge in [0.15, 0.2) is 0 Å². The van der Waals surface area contributed by atoms with E-state index >= 15 is 0 Å². The predicted molar refractivity (Wildman–Crippen MR) is 122 cm³/mol. The van der Waals surface area contributed by atoms with Gasteiger partial charge < -0.3 is 9.88 Å². The third-order valence-electron chi connectivity index (χ3n) is 5.70. The number of sulfonamides is 1. The maximum Gasteiger partial charge on any atom is 0.258 e. The lowest BCUT2D eigenvalue weighted by Crippen LogP contribution is -2.37. The molecule has 1 aromatic heterocycles. The number of hydrogen-bond donors (Lipinski definition) is 1. The summed E-state index contributed by atoms with van der Waals surface area (Å²) in [4.78, 5) is 34.1. The average molecular weight is 455 g/mol. The van der Waals surface area contributed by atoms with Crippen LogP contribution in [0, 0.1) is 6.92 Å². The van der Waals surface area contributed by atoms with Gasteiger partial charge in [-0.2, -0.15) is 4.31 Å². The van der Waals surface area contributed by atoms with Gasteiger partial charge in [0, 0.05) is 39.0 Å². The Labute approximate surface area is 186 Å². The van der Waals surface area contributed by atoms with E-state index in [0.717, 1.165) is 5.56 Å². The zero-order valence-electron chi connectivity index (χ0n) is 18.0. The lowest BCUT2D eigenvalue weighted by atomic mass is 10.2. The van der Waals surface area contributed by atoms with Gasteiger partial charge in [0.05, 0.1) is 15.8 Å². The van der Waals surface area contributed by atoms with Crippen LogP contribution in [0.4, 0.5) is 0 Å². The van der Waals surface area contributed by atoms with Crippen molar-refractivity contribution in [1.82, 2.24) is 19.2 Å². The zero-order chi connectivity index (χ0) is 22.7. The van der Waals surface area contributed by atoms with E-state index in [4.69, 9.17) is 0 Å². The number of carbonyl (C=O) groups is 1. The minimum Gasteiger partial charge on any atom is -0.341 e. The van der Waals surface area contributed by atoms with Crippen molar-refractivity contribution in [3.63, 3.8) is 0 Å². The smallest absolute Gasteiger partial charge is 0.258 e. The third kappa shape index (κ3) is 4.73. The highest BCUT2D eigenvalue weighted by atomic mass is 32.2. The summed E-state index contributed by atoms with van der Waals surface area (Å²) in [7, 11) is -3.59. The summed E-state index contributed by atoms with van der Waals surface area (Å²) in [6.07, 6.45) is 1.09. The molecule has 9 heteroatoms. The van der Waals surface area contributed by atoms with E-state index in [9.17, 15) is 18.0 Å². The second-order valence-electron chi connectivity index (χ2n) is 7.98. The lowest BCUT2D eigenvalue weighted by molar-refractivity contribution is -0.131. The molecule has 168 valence electrons. The Bertz CT molecular complexity index is 1290. The van der Waals surface area contributed by atoms with E-state index in [-0.39, 0.29) is 29.3 Å². The zero-order valence-corrected chi connectivity index (χ0v) is 18.8. The molecular formula is C23H26N4O4S. The molecule has 0 saturated carbocycles. The fourth-order valence-corrected chi connectivity index (χ4v) is 5.35. The van der Waals surface area contributed by atoms with Crippen molar-refractivity contribution in [2.75, 3.05) is 26.2 Å². The van der Waals surface area contributed by atoms with Crippen molar-refractivity contribution in [1.29, 1.82) is 0 Å². The first-order valence-corrected chi connectivity index (χ1v) is 12.1. The van der Waals surface area contributed by atoms with E-state index in [1.54, 1.807) is 47.4 Å². The van der Waals surface area contributed by atoms with Crippen molar-refractivity contribution >= 4 is 26.8 Å². The van der Waals surface area contributed by atoms with Gasteiger partial charge in [-0.25, -0.2) is 13.4 Å². The highest BCUT2D eigenvalue weighted by Crippen LogP contribution is 2.19. The Morgan fingerprint density at radius 2 is 1.78 bits per heavy atom. The van der Waals surface area contributed by atoms with Crippen LogP contribution in [-0.4, -0.2) is 59.7 Å². The molecule has 2 heterocycles. The van der Waals surface area contributed by atoms with E-state index in [1.807, 2.05) is 13.0 Å². The van der Waals surface area contributed by atoms with Gasteiger partial charge in [-0.15, -0.1) is 0 Å². The van der Waals surface area contributed by atoms with Gasteiger partial charge >= 0.3 is 0 Å². The van der Waals surface area contributed by atoms with E-state index < -0.39 is 10.0 Å². The Hall–Kier alpha value is -3.04. The summed E-state index contributed by atoms with van der Waals surface area (Å²) < 4.78 is 27.4. The highest BCUT2D eigenvalue weighted by Gasteiger charge is 2.28. The van der Waals surface area contributed by atoms with Crippen LogP contribution in [0.1, 0.15) is 24.2 Å². The molecule has 0 bridgehead atoms. The minimum atomic E-state index is -3.59. The topological polar surface area (TPSA) is 103 Å². The lowest BCUT2D eigenvalue weighted by Gasteiger charge is -2.22. The number of rotatable bonds is 5. The Kier molecular flexibility index (Phi) is 6.38. The first-order valence-electron chi connectivity index (χ1n) is 10.7. The van der Waals surface area contributed by atoms with Crippen LogP contribution in [0.15, 0.2) is 58.2 Å². The van der Waals surface area contributed by atoms with Crippen LogP contribution >= 0.6 is 0 Å². The van der Waals surface area contributed by atoms with Gasteiger partial charge in [-0.05, 0) is 37.6 Å². The molecule has 1 N–H and O–H groups in total. The number of aromatic nitrogens is 2. The number of para-hydroxylation sites is 1. The predicted octanol–water partition coefficient (Wildman–Crippen LogP) is 2.09. The minimum absolute atomic E-state index is 0.0737. The fourth-order valence-electron chi connectivity index (χ4n) is 3.88. The Morgan fingerprint density at radius 1 is 1.03 bits per heavy atom. The van der Waals surface area contributed by atoms with Crippen LogP contribution in [-0.2, 0) is 21.2 Å². The Morgan fingerprint density at radius 3 is 2.56 bits per heavy atom. The largest absolute Gasteiger partial charge is 0.341 e. The van der Waals surface area contributed by atoms with Crippen LogP contribution in [0.25, 0.3) is 10.9 Å². The molecule has 0 unspecified atom stereocenters. The number of fused-ring (bicyclic) bond motifs is 1. The molecule has 0 spiro atoms. The van der Waals surface area contributed by atoms with Crippen molar-refractivity contribution < 1.29 is 13.2 Å². The second-order valence-corrected chi connectivity index (χ2v) is 9.92. The molecule has 1 aliphatic rings. The first-order chi connectivity index (χ1) is 15.3. The van der Waals surface area contributed by atoms with Crippen molar-refractivity contribution in [3.8, 4) is 0 Å². The normalized spacial score (nSPS) is 15.6. The molecule has 1 saturated heterocycles. The standard InChI is InChI=1S/C23H26N4O4S/c1-17-7-9-18(10-8-17)32(30,31)27-14-4-13-26(15-16-27)22(28)12-11-21-24-20-6-3-2-5-19(20)23(29)25-21/h2-3,5-10H,4,11-16H2,1H3,(H,24,25,29). The molecule has 1 fully saturated rings. The van der Waals surface area contributed by atoms with Crippen LogP contribution in [0.5, 0.6) is 0 Å². The number of aryl methyl sites for hydroxylation is 2. The molecule has 0 radical (unpaired) electrons. The van der Waals surface area contributed by atoms with Gasteiger partial charge in [-0.1, -0.05) is 29.8 Å². The number of aromatic amines is 1. The maximum absolute atomic E-state index is 13.0. The van der Waals surface area contributed by atoms with E-state index in [1.165, 1.54) is 4.31 Å². The second kappa shape index (κ2) is 9.22. The summed E-state index contributed by atoms with van der Waals surface area (Å²) in [6, 6.07) is 13.9. The van der Waals surface area contributed by atoms with Crippen molar-refractivity contribution in [3.05, 3.63) is 70.3 Å². The summed E-state index contributed by atoms with van der Waals surface area (Å²) in [5.74, 6) is 0.399. The molecule has 1 aliphatic heterocycles. The number of benzene rings is 2. The van der Waals surface area contributed by atoms with Gasteiger partial charge in [-0.3, -0.25) is 9.59 Å². The quantitative estimate of drug-likeness (QED) is 0.636. The molecular weight excluding hydrogens is 428 g/mol. The van der Waals surface area contributed by atoms with Crippen molar-refractivity contribution in [2.24, 2.45) is 0 Å². The molecule has 4 rings (SSSR count). The number of nitrogens with one attached hydrogen (secondary N) is 1. The van der Waals surface area contributed by atoms with E-state index in [0.29, 0.717) is 49.2 Å². The first kappa shape index (κ1) is 22.2. The summed E-state index contributed by atoms with van der Waals surface area (Å²) in [5, 5.41) is 0.518. The van der Waals surface area contributed by atoms with E-state index in [2.05, 4.69) is 9.97 Å². The average Bonchev–Trinajstić information content (AvgIpc) is 3.05. The van der Waals surface area contributed by atoms with Gasteiger partial charge in [0.25, 0.3) is 5.56 Å². The molecule has 32 heavy (non-hydrogen) atoms. The SMILES string of the molecule is Cc1ccc(S(=O)(=O)N2CCCN(C(=O)CCc3nc4ccccc4c(=O)[nH]3)CC2)cc1. The number of H-pyrrole nitrogens is 1. The third-order valence-corrected chi connectivity index (χ3v) is 7.62. The Balaban J connectivity index is 1.38. The monoisotopic (exact) mass is 454 g/mol. The van der Waals surface area contributed by atoms with Gasteiger partial charge in [0.2, 0.25) is 15.9 Å². The number of hydrogen-bond acceptors (Lipinski definition) is 5. The fraction of sp³-hybridized carbons (Fsp3) is 0.348.